The number of hydrogen-bond acceptors (Lipinski definition) is 2. The summed E-state index contributed by atoms with van der Waals surface area (Å²) in [4.78, 5) is 5.34. The molecule has 0 bridgehead atoms. The van der Waals surface area contributed by atoms with E-state index in [1.807, 2.05) is 0 Å². The molecular weight excluding hydrogens is 196 g/mol. The van der Waals surface area contributed by atoms with Gasteiger partial charge in [0.2, 0.25) is 0 Å². The molecular formula is C14H28N2. The van der Waals surface area contributed by atoms with Crippen molar-refractivity contribution in [2.24, 2.45) is 11.8 Å². The second kappa shape index (κ2) is 4.30. The van der Waals surface area contributed by atoms with Crippen LogP contribution < -0.4 is 0 Å². The first-order chi connectivity index (χ1) is 7.36. The van der Waals surface area contributed by atoms with Gasteiger partial charge in [-0.25, -0.2) is 0 Å². The van der Waals surface area contributed by atoms with E-state index in [1.54, 1.807) is 0 Å². The summed E-state index contributed by atoms with van der Waals surface area (Å²) in [6, 6.07) is 0.837. The summed E-state index contributed by atoms with van der Waals surface area (Å²) < 4.78 is 0. The first kappa shape index (κ1) is 12.4. The van der Waals surface area contributed by atoms with Crippen LogP contribution in [0.15, 0.2) is 0 Å². The van der Waals surface area contributed by atoms with Gasteiger partial charge in [0.25, 0.3) is 0 Å². The monoisotopic (exact) mass is 224 g/mol. The highest BCUT2D eigenvalue weighted by molar-refractivity contribution is 4.95. The predicted molar refractivity (Wildman–Crippen MR) is 69.6 cm³/mol. The van der Waals surface area contributed by atoms with Crippen molar-refractivity contribution in [3.05, 3.63) is 0 Å². The van der Waals surface area contributed by atoms with Gasteiger partial charge in [0.1, 0.15) is 0 Å². The minimum absolute atomic E-state index is 0.365. The Bertz CT molecular complexity index is 228. The van der Waals surface area contributed by atoms with E-state index in [-0.39, 0.29) is 0 Å². The van der Waals surface area contributed by atoms with Crippen LogP contribution in [0.5, 0.6) is 0 Å². The molecule has 2 aliphatic rings. The molecule has 94 valence electrons. The number of hydrogen-bond donors (Lipinski definition) is 0. The van der Waals surface area contributed by atoms with Crippen molar-refractivity contribution in [3.63, 3.8) is 0 Å². The second-order valence-corrected chi connectivity index (χ2v) is 7.13. The molecule has 0 saturated carbocycles. The van der Waals surface area contributed by atoms with Gasteiger partial charge >= 0.3 is 0 Å². The second-order valence-electron chi connectivity index (χ2n) is 7.13. The molecule has 2 fully saturated rings. The summed E-state index contributed by atoms with van der Waals surface area (Å²) in [5.74, 6) is 1.79. The molecule has 0 amide bonds. The van der Waals surface area contributed by atoms with E-state index in [1.165, 1.54) is 32.6 Å². The fourth-order valence-corrected chi connectivity index (χ4v) is 3.24. The highest BCUT2D eigenvalue weighted by atomic mass is 15.3. The Morgan fingerprint density at radius 3 is 1.81 bits per heavy atom. The van der Waals surface area contributed by atoms with Gasteiger partial charge in [0.05, 0.1) is 0 Å². The molecule has 2 aliphatic heterocycles. The summed E-state index contributed by atoms with van der Waals surface area (Å²) in [7, 11) is 0. The van der Waals surface area contributed by atoms with Crippen molar-refractivity contribution in [2.45, 2.75) is 52.6 Å². The standard InChI is InChI=1S/C14H28N2/c1-11-6-12(2)8-15(7-11)13-9-16(10-13)14(3,4)5/h11-13H,6-10H2,1-5H3. The molecule has 2 heterocycles. The van der Waals surface area contributed by atoms with Gasteiger partial charge in [-0.05, 0) is 39.0 Å². The third-order valence-electron chi connectivity index (χ3n) is 4.22. The summed E-state index contributed by atoms with van der Waals surface area (Å²) >= 11 is 0. The lowest BCUT2D eigenvalue weighted by atomic mass is 9.88. The van der Waals surface area contributed by atoms with Crippen molar-refractivity contribution in [1.82, 2.24) is 9.80 Å². The quantitative estimate of drug-likeness (QED) is 0.675. The number of nitrogens with zero attached hydrogens (tertiary/aromatic N) is 2. The SMILES string of the molecule is CC1CC(C)CN(C2CN(C(C)(C)C)C2)C1. The van der Waals surface area contributed by atoms with Crippen LogP contribution in [0.2, 0.25) is 0 Å². The summed E-state index contributed by atoms with van der Waals surface area (Å²) in [5.41, 5.74) is 0.365. The molecule has 2 unspecified atom stereocenters. The maximum atomic E-state index is 2.74. The van der Waals surface area contributed by atoms with Crippen LogP contribution in [0.1, 0.15) is 41.0 Å². The van der Waals surface area contributed by atoms with Crippen molar-refractivity contribution in [2.75, 3.05) is 26.2 Å². The smallest absolute Gasteiger partial charge is 0.0351 e. The molecule has 2 nitrogen and oxygen atoms in total. The highest BCUT2D eigenvalue weighted by Crippen LogP contribution is 2.29. The topological polar surface area (TPSA) is 6.48 Å². The minimum atomic E-state index is 0.365. The molecule has 0 radical (unpaired) electrons. The van der Waals surface area contributed by atoms with Crippen LogP contribution in [0, 0.1) is 11.8 Å². The van der Waals surface area contributed by atoms with Gasteiger partial charge in [-0.15, -0.1) is 0 Å². The van der Waals surface area contributed by atoms with Gasteiger partial charge in [-0.3, -0.25) is 9.80 Å². The van der Waals surface area contributed by atoms with Crippen LogP contribution in [0.25, 0.3) is 0 Å². The Balaban J connectivity index is 1.83. The lowest BCUT2D eigenvalue weighted by molar-refractivity contribution is -0.0424. The van der Waals surface area contributed by atoms with E-state index >= 15 is 0 Å². The lowest BCUT2D eigenvalue weighted by Crippen LogP contribution is -2.66. The van der Waals surface area contributed by atoms with Crippen molar-refractivity contribution < 1.29 is 0 Å². The molecule has 2 rings (SSSR count). The van der Waals surface area contributed by atoms with Gasteiger partial charge in [-0.2, -0.15) is 0 Å². The van der Waals surface area contributed by atoms with Gasteiger partial charge in [-0.1, -0.05) is 13.8 Å². The average molecular weight is 224 g/mol. The number of likely N-dealkylation sites (tertiary alicyclic amines) is 2. The third kappa shape index (κ3) is 2.60. The first-order valence-corrected chi connectivity index (χ1v) is 6.85. The van der Waals surface area contributed by atoms with E-state index in [4.69, 9.17) is 0 Å². The van der Waals surface area contributed by atoms with Crippen LogP contribution >= 0.6 is 0 Å². The Kier molecular flexibility index (Phi) is 3.33. The first-order valence-electron chi connectivity index (χ1n) is 6.85. The molecule has 0 spiro atoms. The van der Waals surface area contributed by atoms with Crippen molar-refractivity contribution in [3.8, 4) is 0 Å². The van der Waals surface area contributed by atoms with Gasteiger partial charge in [0, 0.05) is 37.8 Å². The van der Waals surface area contributed by atoms with Crippen molar-refractivity contribution >= 4 is 0 Å². The molecule has 2 saturated heterocycles. The maximum Gasteiger partial charge on any atom is 0.0351 e. The molecule has 2 heteroatoms. The van der Waals surface area contributed by atoms with Crippen molar-refractivity contribution in [1.29, 1.82) is 0 Å². The molecule has 0 N–H and O–H groups in total. The zero-order chi connectivity index (χ0) is 11.9. The maximum absolute atomic E-state index is 2.74. The fraction of sp³-hybridized carbons (Fsp3) is 1.00. The zero-order valence-corrected chi connectivity index (χ0v) is 11.7. The zero-order valence-electron chi connectivity index (χ0n) is 11.7. The third-order valence-corrected chi connectivity index (χ3v) is 4.22. The highest BCUT2D eigenvalue weighted by Gasteiger charge is 2.39. The minimum Gasteiger partial charge on any atom is -0.297 e. The van der Waals surface area contributed by atoms with Crippen LogP contribution in [-0.4, -0.2) is 47.6 Å². The molecule has 0 aromatic carbocycles. The molecule has 2 atom stereocenters. The molecule has 16 heavy (non-hydrogen) atoms. The van der Waals surface area contributed by atoms with Gasteiger partial charge < -0.3 is 0 Å². The Morgan fingerprint density at radius 2 is 1.38 bits per heavy atom. The molecule has 0 aromatic heterocycles. The van der Waals surface area contributed by atoms with E-state index < -0.39 is 0 Å². The molecule has 0 aliphatic carbocycles. The summed E-state index contributed by atoms with van der Waals surface area (Å²) in [6.07, 6.45) is 1.42. The van der Waals surface area contributed by atoms with Gasteiger partial charge in [0.15, 0.2) is 0 Å². The van der Waals surface area contributed by atoms with Crippen LogP contribution in [0.3, 0.4) is 0 Å². The summed E-state index contributed by atoms with van der Waals surface area (Å²) in [6.45, 7) is 17.0. The van der Waals surface area contributed by atoms with E-state index in [9.17, 15) is 0 Å². The largest absolute Gasteiger partial charge is 0.297 e. The Labute approximate surface area is 101 Å². The number of piperidine rings is 1. The molecule has 0 aromatic rings. The van der Waals surface area contributed by atoms with E-state index in [0.717, 1.165) is 17.9 Å². The number of rotatable bonds is 1. The normalized spacial score (nSPS) is 35.1. The predicted octanol–water partition coefficient (Wildman–Crippen LogP) is 2.45. The lowest BCUT2D eigenvalue weighted by Gasteiger charge is -2.53. The van der Waals surface area contributed by atoms with Crippen LogP contribution in [-0.2, 0) is 0 Å². The van der Waals surface area contributed by atoms with E-state index in [2.05, 4.69) is 44.4 Å². The fourth-order valence-electron chi connectivity index (χ4n) is 3.24. The van der Waals surface area contributed by atoms with Crippen LogP contribution in [0.4, 0.5) is 0 Å². The Hall–Kier alpha value is -0.0800. The average Bonchev–Trinajstić information content (AvgIpc) is 1.94. The Morgan fingerprint density at radius 1 is 0.875 bits per heavy atom. The summed E-state index contributed by atoms with van der Waals surface area (Å²) in [5, 5.41) is 0. The van der Waals surface area contributed by atoms with E-state index in [0.29, 0.717) is 5.54 Å².